The van der Waals surface area contributed by atoms with Crippen LogP contribution < -0.4 is 9.04 Å². The van der Waals surface area contributed by atoms with Gasteiger partial charge in [-0.15, -0.1) is 0 Å². The normalized spacial score (nSPS) is 18.5. The zero-order chi connectivity index (χ0) is 20.4. The van der Waals surface area contributed by atoms with Crippen molar-refractivity contribution in [1.29, 1.82) is 0 Å². The maximum Gasteiger partial charge on any atom is 0.342 e. The second kappa shape index (κ2) is 8.04. The molecule has 0 amide bonds. The van der Waals surface area contributed by atoms with Crippen LogP contribution in [0.15, 0.2) is 47.4 Å². The summed E-state index contributed by atoms with van der Waals surface area (Å²) in [5.74, 6) is -0.362. The lowest BCUT2D eigenvalue weighted by Crippen LogP contribution is -2.29. The monoisotopic (exact) mass is 417 g/mol. The first-order valence-corrected chi connectivity index (χ1v) is 11.0. The molecule has 1 atom stereocenters. The van der Waals surface area contributed by atoms with E-state index >= 15 is 0 Å². The molecule has 0 radical (unpaired) electrons. The molecule has 4 rings (SSSR count). The molecule has 2 aliphatic rings. The lowest BCUT2D eigenvalue weighted by atomic mass is 10.2. The molecule has 0 saturated carbocycles. The Hall–Kier alpha value is -2.58. The molecule has 29 heavy (non-hydrogen) atoms. The average molecular weight is 417 g/mol. The van der Waals surface area contributed by atoms with Gasteiger partial charge < -0.3 is 14.2 Å². The summed E-state index contributed by atoms with van der Waals surface area (Å²) in [6, 6.07) is 11.7. The third-order valence-electron chi connectivity index (χ3n) is 5.25. The van der Waals surface area contributed by atoms with Gasteiger partial charge >= 0.3 is 5.97 Å². The molecule has 0 aromatic heterocycles. The Morgan fingerprint density at radius 1 is 1.24 bits per heavy atom. The van der Waals surface area contributed by atoms with Crippen LogP contribution in [0, 0.1) is 0 Å². The average Bonchev–Trinajstić information content (AvgIpc) is 3.41. The van der Waals surface area contributed by atoms with E-state index in [2.05, 4.69) is 0 Å². The molecule has 1 saturated heterocycles. The van der Waals surface area contributed by atoms with Crippen molar-refractivity contribution >= 4 is 21.7 Å². The van der Waals surface area contributed by atoms with Crippen molar-refractivity contribution in [1.82, 2.24) is 0 Å². The van der Waals surface area contributed by atoms with Crippen LogP contribution in [0.4, 0.5) is 5.69 Å². The highest BCUT2D eigenvalue weighted by Gasteiger charge is 2.32. The number of methoxy groups -OCH3 is 1. The number of rotatable bonds is 6. The van der Waals surface area contributed by atoms with Gasteiger partial charge in [-0.1, -0.05) is 18.2 Å². The van der Waals surface area contributed by atoms with E-state index < -0.39 is 16.0 Å². The molecule has 2 aromatic carbocycles. The largest absolute Gasteiger partial charge is 0.496 e. The Labute approximate surface area is 170 Å². The van der Waals surface area contributed by atoms with E-state index in [1.165, 1.54) is 29.6 Å². The smallest absolute Gasteiger partial charge is 0.342 e. The van der Waals surface area contributed by atoms with Gasteiger partial charge in [0.1, 0.15) is 17.9 Å². The SMILES string of the molecule is COc1ccc(S(=O)(=O)N2CCc3ccccc32)cc1C(=O)OC[C@H]1CCCO1. The van der Waals surface area contributed by atoms with E-state index in [0.29, 0.717) is 25.3 Å². The lowest BCUT2D eigenvalue weighted by Gasteiger charge is -2.20. The number of para-hydroxylation sites is 1. The summed E-state index contributed by atoms with van der Waals surface area (Å²) in [5, 5.41) is 0. The minimum atomic E-state index is -3.82. The van der Waals surface area contributed by atoms with Crippen molar-refractivity contribution < 1.29 is 27.4 Å². The van der Waals surface area contributed by atoms with Crippen LogP contribution in [-0.4, -0.2) is 47.4 Å². The number of ether oxygens (including phenoxy) is 3. The maximum atomic E-state index is 13.3. The summed E-state index contributed by atoms with van der Waals surface area (Å²) >= 11 is 0. The quantitative estimate of drug-likeness (QED) is 0.673. The second-order valence-electron chi connectivity index (χ2n) is 7.05. The van der Waals surface area contributed by atoms with Gasteiger partial charge in [0, 0.05) is 13.2 Å². The van der Waals surface area contributed by atoms with Gasteiger partial charge in [-0.25, -0.2) is 13.2 Å². The van der Waals surface area contributed by atoms with Crippen LogP contribution in [-0.2, 0) is 25.9 Å². The standard InChI is InChI=1S/C21H23NO6S/c1-26-20-9-8-17(13-18(20)21(23)28-14-16-6-4-12-27-16)29(24,25)22-11-10-15-5-2-3-7-19(15)22/h2-3,5,7-9,13,16H,4,6,10-12,14H2,1H3/t16-/m1/s1. The maximum absolute atomic E-state index is 13.3. The summed E-state index contributed by atoms with van der Waals surface area (Å²) in [5.41, 5.74) is 1.74. The van der Waals surface area contributed by atoms with Crippen LogP contribution in [0.5, 0.6) is 5.75 Å². The van der Waals surface area contributed by atoms with Crippen molar-refractivity contribution in [2.45, 2.75) is 30.3 Å². The van der Waals surface area contributed by atoms with Crippen molar-refractivity contribution in [2.24, 2.45) is 0 Å². The number of benzene rings is 2. The highest BCUT2D eigenvalue weighted by atomic mass is 32.2. The van der Waals surface area contributed by atoms with Gasteiger partial charge in [0.05, 0.1) is 23.8 Å². The van der Waals surface area contributed by atoms with E-state index in [9.17, 15) is 13.2 Å². The zero-order valence-electron chi connectivity index (χ0n) is 16.2. The van der Waals surface area contributed by atoms with Gasteiger partial charge in [0.2, 0.25) is 0 Å². The number of hydrogen-bond donors (Lipinski definition) is 0. The molecule has 8 heteroatoms. The van der Waals surface area contributed by atoms with Crippen LogP contribution in [0.2, 0.25) is 0 Å². The fourth-order valence-electron chi connectivity index (χ4n) is 3.71. The zero-order valence-corrected chi connectivity index (χ0v) is 17.0. The lowest BCUT2D eigenvalue weighted by molar-refractivity contribution is 0.0158. The number of nitrogens with zero attached hydrogens (tertiary/aromatic N) is 1. The van der Waals surface area contributed by atoms with E-state index in [0.717, 1.165) is 18.4 Å². The topological polar surface area (TPSA) is 82.1 Å². The van der Waals surface area contributed by atoms with Crippen molar-refractivity contribution in [3.63, 3.8) is 0 Å². The summed E-state index contributed by atoms with van der Waals surface area (Å²) < 4.78 is 43.9. The molecular formula is C21H23NO6S. The van der Waals surface area contributed by atoms with Gasteiger partial charge in [0.15, 0.2) is 0 Å². The Balaban J connectivity index is 1.61. The van der Waals surface area contributed by atoms with Crippen molar-refractivity contribution in [2.75, 3.05) is 31.2 Å². The van der Waals surface area contributed by atoms with E-state index in [-0.39, 0.29) is 28.9 Å². The fraction of sp³-hybridized carbons (Fsp3) is 0.381. The van der Waals surface area contributed by atoms with Crippen molar-refractivity contribution in [3.05, 3.63) is 53.6 Å². The van der Waals surface area contributed by atoms with E-state index in [1.54, 1.807) is 6.07 Å². The first-order chi connectivity index (χ1) is 14.0. The molecule has 0 N–H and O–H groups in total. The fourth-order valence-corrected chi connectivity index (χ4v) is 5.24. The predicted octanol–water partition coefficient (Wildman–Crippen LogP) is 2.78. The van der Waals surface area contributed by atoms with E-state index in [4.69, 9.17) is 14.2 Å². The number of carbonyl (C=O) groups is 1. The van der Waals surface area contributed by atoms with Gasteiger partial charge in [-0.05, 0) is 49.1 Å². The summed E-state index contributed by atoms with van der Waals surface area (Å²) in [7, 11) is -2.39. The summed E-state index contributed by atoms with van der Waals surface area (Å²) in [6.45, 7) is 1.17. The number of hydrogen-bond acceptors (Lipinski definition) is 6. The molecule has 2 aromatic rings. The molecule has 154 valence electrons. The van der Waals surface area contributed by atoms with Crippen LogP contribution >= 0.6 is 0 Å². The molecule has 1 fully saturated rings. The summed E-state index contributed by atoms with van der Waals surface area (Å²) in [4.78, 5) is 12.6. The second-order valence-corrected chi connectivity index (χ2v) is 8.91. The summed E-state index contributed by atoms with van der Waals surface area (Å²) in [6.07, 6.45) is 2.32. The van der Waals surface area contributed by atoms with Crippen LogP contribution in [0.1, 0.15) is 28.8 Å². The molecule has 2 aliphatic heterocycles. The molecule has 0 unspecified atom stereocenters. The third-order valence-corrected chi connectivity index (χ3v) is 7.06. The van der Waals surface area contributed by atoms with Gasteiger partial charge in [0.25, 0.3) is 10.0 Å². The molecule has 0 bridgehead atoms. The predicted molar refractivity (Wildman–Crippen MR) is 107 cm³/mol. The highest BCUT2D eigenvalue weighted by Crippen LogP contribution is 2.34. The number of anilines is 1. The minimum absolute atomic E-state index is 0.0269. The van der Waals surface area contributed by atoms with E-state index in [1.807, 2.05) is 18.2 Å². The Bertz CT molecular complexity index is 1010. The Kier molecular flexibility index (Phi) is 5.47. The molecule has 7 nitrogen and oxygen atoms in total. The number of carbonyl (C=O) groups excluding carboxylic acids is 1. The first-order valence-electron chi connectivity index (χ1n) is 9.58. The molecule has 0 aliphatic carbocycles. The highest BCUT2D eigenvalue weighted by molar-refractivity contribution is 7.92. The van der Waals surface area contributed by atoms with Crippen LogP contribution in [0.25, 0.3) is 0 Å². The molecular weight excluding hydrogens is 394 g/mol. The van der Waals surface area contributed by atoms with Crippen LogP contribution in [0.3, 0.4) is 0 Å². The van der Waals surface area contributed by atoms with Crippen molar-refractivity contribution in [3.8, 4) is 5.75 Å². The van der Waals surface area contributed by atoms with Gasteiger partial charge in [-0.3, -0.25) is 4.31 Å². The Morgan fingerprint density at radius 2 is 2.07 bits per heavy atom. The van der Waals surface area contributed by atoms with Gasteiger partial charge in [-0.2, -0.15) is 0 Å². The Morgan fingerprint density at radius 3 is 2.83 bits per heavy atom. The number of esters is 1. The molecule has 0 spiro atoms. The minimum Gasteiger partial charge on any atom is -0.496 e. The third kappa shape index (κ3) is 3.82. The number of sulfonamides is 1. The number of fused-ring (bicyclic) bond motifs is 1. The first kappa shape index (κ1) is 19.7. The molecule has 2 heterocycles.